The zero-order chi connectivity index (χ0) is 17.6. The minimum absolute atomic E-state index is 0.0979. The van der Waals surface area contributed by atoms with E-state index in [9.17, 15) is 9.59 Å². The van der Waals surface area contributed by atoms with Crippen molar-refractivity contribution in [3.05, 3.63) is 66.4 Å². The molecule has 3 rings (SSSR count). The molecule has 2 amide bonds. The summed E-state index contributed by atoms with van der Waals surface area (Å²) in [6, 6.07) is 18.3. The maximum atomic E-state index is 12.2. The van der Waals surface area contributed by atoms with Crippen molar-refractivity contribution in [2.45, 2.75) is 13.3 Å². The lowest BCUT2D eigenvalue weighted by molar-refractivity contribution is -0.116. The van der Waals surface area contributed by atoms with Gasteiger partial charge in [-0.1, -0.05) is 41.6 Å². The predicted molar refractivity (Wildman–Crippen MR) is 95.0 cm³/mol. The summed E-state index contributed by atoms with van der Waals surface area (Å²) in [4.78, 5) is 23.3. The number of carbonyl (C=O) groups is 2. The van der Waals surface area contributed by atoms with Crippen molar-refractivity contribution >= 4 is 23.2 Å². The largest absolute Gasteiger partial charge is 0.356 e. The Morgan fingerprint density at radius 2 is 1.68 bits per heavy atom. The molecule has 126 valence electrons. The topological polar surface area (TPSA) is 84.2 Å². The zero-order valence-corrected chi connectivity index (χ0v) is 13.7. The number of aromatic nitrogens is 1. The molecule has 0 atom stereocenters. The fourth-order valence-corrected chi connectivity index (χ4v) is 2.38. The number of rotatable bonds is 5. The second-order valence-corrected chi connectivity index (χ2v) is 5.54. The third-order valence-electron chi connectivity index (χ3n) is 3.43. The van der Waals surface area contributed by atoms with Crippen LogP contribution in [0.1, 0.15) is 12.6 Å². The van der Waals surface area contributed by atoms with Crippen molar-refractivity contribution in [3.8, 4) is 11.3 Å². The standard InChI is InChI=1S/C19H17N3O3/c1-13(23)20-15-8-5-9-16(10-15)21-19(24)12-17-11-18(25-22-17)14-6-3-2-4-7-14/h2-11H,12H2,1H3,(H,20,23)(H,21,24). The predicted octanol–water partition coefficient (Wildman–Crippen LogP) is 3.48. The van der Waals surface area contributed by atoms with Gasteiger partial charge in [0.1, 0.15) is 0 Å². The van der Waals surface area contributed by atoms with Crippen molar-refractivity contribution in [2.75, 3.05) is 10.6 Å². The lowest BCUT2D eigenvalue weighted by Crippen LogP contribution is -2.15. The highest BCUT2D eigenvalue weighted by molar-refractivity contribution is 5.94. The van der Waals surface area contributed by atoms with Gasteiger partial charge in [0.2, 0.25) is 11.8 Å². The molecule has 0 spiro atoms. The molecule has 0 aliphatic heterocycles. The first kappa shape index (κ1) is 16.4. The molecule has 0 saturated carbocycles. The third-order valence-corrected chi connectivity index (χ3v) is 3.43. The molecular weight excluding hydrogens is 318 g/mol. The van der Waals surface area contributed by atoms with E-state index < -0.39 is 0 Å². The van der Waals surface area contributed by atoms with E-state index in [4.69, 9.17) is 4.52 Å². The molecule has 2 aromatic carbocycles. The normalized spacial score (nSPS) is 10.3. The molecule has 25 heavy (non-hydrogen) atoms. The fourth-order valence-electron chi connectivity index (χ4n) is 2.38. The van der Waals surface area contributed by atoms with Crippen LogP contribution in [-0.2, 0) is 16.0 Å². The Bertz CT molecular complexity index is 888. The molecule has 6 heteroatoms. The molecule has 2 N–H and O–H groups in total. The summed E-state index contributed by atoms with van der Waals surface area (Å²) in [5.41, 5.74) is 2.68. The molecule has 1 heterocycles. The van der Waals surface area contributed by atoms with Gasteiger partial charge in [0.25, 0.3) is 0 Å². The van der Waals surface area contributed by atoms with Crippen molar-refractivity contribution in [1.29, 1.82) is 0 Å². The molecule has 0 aliphatic carbocycles. The van der Waals surface area contributed by atoms with Crippen LogP contribution >= 0.6 is 0 Å². The maximum Gasteiger partial charge on any atom is 0.230 e. The van der Waals surface area contributed by atoms with E-state index >= 15 is 0 Å². The number of anilines is 2. The average Bonchev–Trinajstić information content (AvgIpc) is 3.03. The molecule has 0 radical (unpaired) electrons. The second-order valence-electron chi connectivity index (χ2n) is 5.54. The Morgan fingerprint density at radius 1 is 0.960 bits per heavy atom. The Hall–Kier alpha value is -3.41. The number of nitrogens with zero attached hydrogens (tertiary/aromatic N) is 1. The number of benzene rings is 2. The van der Waals surface area contributed by atoms with E-state index in [1.165, 1.54) is 6.92 Å². The van der Waals surface area contributed by atoms with Gasteiger partial charge >= 0.3 is 0 Å². The summed E-state index contributed by atoms with van der Waals surface area (Å²) in [6.45, 7) is 1.43. The first-order valence-corrected chi connectivity index (χ1v) is 7.79. The minimum atomic E-state index is -0.215. The Labute approximate surface area is 144 Å². The molecule has 0 aliphatic rings. The zero-order valence-electron chi connectivity index (χ0n) is 13.7. The highest BCUT2D eigenvalue weighted by atomic mass is 16.5. The number of nitrogens with one attached hydrogen (secondary N) is 2. The highest BCUT2D eigenvalue weighted by Gasteiger charge is 2.11. The molecule has 0 bridgehead atoms. The number of amides is 2. The Balaban J connectivity index is 1.63. The summed E-state index contributed by atoms with van der Waals surface area (Å²) < 4.78 is 5.29. The van der Waals surface area contributed by atoms with Gasteiger partial charge in [-0.05, 0) is 18.2 Å². The van der Waals surface area contributed by atoms with Crippen LogP contribution < -0.4 is 10.6 Å². The number of carbonyl (C=O) groups excluding carboxylic acids is 2. The maximum absolute atomic E-state index is 12.2. The smallest absolute Gasteiger partial charge is 0.230 e. The first-order valence-electron chi connectivity index (χ1n) is 7.79. The van der Waals surface area contributed by atoms with Crippen LogP contribution in [0.2, 0.25) is 0 Å². The molecule has 0 unspecified atom stereocenters. The Morgan fingerprint density at radius 3 is 2.40 bits per heavy atom. The second kappa shape index (κ2) is 7.44. The Kier molecular flexibility index (Phi) is 4.89. The van der Waals surface area contributed by atoms with Crippen LogP contribution in [0, 0.1) is 0 Å². The van der Waals surface area contributed by atoms with E-state index in [1.54, 1.807) is 30.3 Å². The third kappa shape index (κ3) is 4.54. The van der Waals surface area contributed by atoms with Crippen molar-refractivity contribution in [3.63, 3.8) is 0 Å². The lowest BCUT2D eigenvalue weighted by atomic mass is 10.1. The van der Waals surface area contributed by atoms with E-state index in [1.807, 2.05) is 30.3 Å². The fraction of sp³-hybridized carbons (Fsp3) is 0.105. The van der Waals surface area contributed by atoms with Crippen molar-refractivity contribution < 1.29 is 14.1 Å². The van der Waals surface area contributed by atoms with Gasteiger partial charge in [0.15, 0.2) is 5.76 Å². The van der Waals surface area contributed by atoms with Gasteiger partial charge in [-0.2, -0.15) is 0 Å². The lowest BCUT2D eigenvalue weighted by Gasteiger charge is -2.07. The summed E-state index contributed by atoms with van der Waals surface area (Å²) in [7, 11) is 0. The van der Waals surface area contributed by atoms with Gasteiger partial charge in [0.05, 0.1) is 12.1 Å². The molecule has 0 fully saturated rings. The van der Waals surface area contributed by atoms with Crippen molar-refractivity contribution in [1.82, 2.24) is 5.16 Å². The summed E-state index contributed by atoms with van der Waals surface area (Å²) in [5.74, 6) is 0.239. The summed E-state index contributed by atoms with van der Waals surface area (Å²) in [6.07, 6.45) is 0.0979. The number of hydrogen-bond acceptors (Lipinski definition) is 4. The SMILES string of the molecule is CC(=O)Nc1cccc(NC(=O)Cc2cc(-c3ccccc3)on2)c1. The quantitative estimate of drug-likeness (QED) is 0.747. The van der Waals surface area contributed by atoms with E-state index in [0.717, 1.165) is 5.56 Å². The highest BCUT2D eigenvalue weighted by Crippen LogP contribution is 2.20. The van der Waals surface area contributed by atoms with Crippen LogP contribution in [0.15, 0.2) is 65.2 Å². The monoisotopic (exact) mass is 335 g/mol. The van der Waals surface area contributed by atoms with Crippen LogP contribution in [0.4, 0.5) is 11.4 Å². The van der Waals surface area contributed by atoms with Gasteiger partial charge in [-0.25, -0.2) is 0 Å². The van der Waals surface area contributed by atoms with Crippen LogP contribution in [-0.4, -0.2) is 17.0 Å². The van der Waals surface area contributed by atoms with E-state index in [0.29, 0.717) is 22.8 Å². The summed E-state index contributed by atoms with van der Waals surface area (Å²) in [5, 5.41) is 9.39. The summed E-state index contributed by atoms with van der Waals surface area (Å²) >= 11 is 0. The molecule has 0 saturated heterocycles. The van der Waals surface area contributed by atoms with Crippen LogP contribution in [0.25, 0.3) is 11.3 Å². The van der Waals surface area contributed by atoms with Gasteiger partial charge in [0, 0.05) is 29.9 Å². The van der Waals surface area contributed by atoms with Gasteiger partial charge in [-0.15, -0.1) is 0 Å². The molecule has 6 nitrogen and oxygen atoms in total. The van der Waals surface area contributed by atoms with Crippen molar-refractivity contribution in [2.24, 2.45) is 0 Å². The number of hydrogen-bond donors (Lipinski definition) is 2. The van der Waals surface area contributed by atoms with E-state index in [-0.39, 0.29) is 18.2 Å². The van der Waals surface area contributed by atoms with Crippen LogP contribution in [0.5, 0.6) is 0 Å². The average molecular weight is 335 g/mol. The molecule has 1 aromatic heterocycles. The first-order chi connectivity index (χ1) is 12.1. The molecular formula is C19H17N3O3. The molecule has 3 aromatic rings. The minimum Gasteiger partial charge on any atom is -0.356 e. The van der Waals surface area contributed by atoms with E-state index in [2.05, 4.69) is 15.8 Å². The van der Waals surface area contributed by atoms with Gasteiger partial charge in [-0.3, -0.25) is 9.59 Å². The van der Waals surface area contributed by atoms with Gasteiger partial charge < -0.3 is 15.2 Å². The van der Waals surface area contributed by atoms with Crippen LogP contribution in [0.3, 0.4) is 0 Å².